The molecular weight excluding hydrogens is 356 g/mol. The van der Waals surface area contributed by atoms with Crippen molar-refractivity contribution in [2.24, 2.45) is 5.10 Å². The minimum Gasteiger partial charge on any atom is -0.455 e. The van der Waals surface area contributed by atoms with Gasteiger partial charge in [-0.15, -0.1) is 0 Å². The molecule has 1 aromatic carbocycles. The van der Waals surface area contributed by atoms with Gasteiger partial charge in [0.1, 0.15) is 11.5 Å². The lowest BCUT2D eigenvalue weighted by Gasteiger charge is -2.11. The standard InChI is InChI=1S/C17H18N4O4S/c22-21(23)13-5-3-12(4-6-13)16-8-7-15(25-16)11-19-20-17(26)18-10-14-2-1-9-24-14/h3-8,11,14H,1-2,9-10H2,(H2,18,20,26)/t14-/m0/s1. The van der Waals surface area contributed by atoms with Crippen LogP contribution in [0.15, 0.2) is 45.9 Å². The highest BCUT2D eigenvalue weighted by atomic mass is 32.1. The molecule has 136 valence electrons. The van der Waals surface area contributed by atoms with Gasteiger partial charge in [-0.05, 0) is 49.3 Å². The largest absolute Gasteiger partial charge is 0.455 e. The van der Waals surface area contributed by atoms with Crippen LogP contribution in [0, 0.1) is 10.1 Å². The minimum absolute atomic E-state index is 0.0373. The zero-order valence-electron chi connectivity index (χ0n) is 13.9. The number of ether oxygens (including phenoxy) is 1. The van der Waals surface area contributed by atoms with Crippen LogP contribution in [0.2, 0.25) is 0 Å². The number of nitro benzene ring substituents is 1. The van der Waals surface area contributed by atoms with Crippen LogP contribution >= 0.6 is 12.2 Å². The van der Waals surface area contributed by atoms with Gasteiger partial charge < -0.3 is 14.5 Å². The van der Waals surface area contributed by atoms with Gasteiger partial charge in [0.15, 0.2) is 5.11 Å². The summed E-state index contributed by atoms with van der Waals surface area (Å²) in [5.41, 5.74) is 3.51. The number of nitrogens with one attached hydrogen (secondary N) is 2. The van der Waals surface area contributed by atoms with Crippen molar-refractivity contribution in [3.8, 4) is 11.3 Å². The van der Waals surface area contributed by atoms with E-state index in [1.807, 2.05) is 0 Å². The van der Waals surface area contributed by atoms with E-state index in [0.29, 0.717) is 23.2 Å². The van der Waals surface area contributed by atoms with Gasteiger partial charge in [0.25, 0.3) is 5.69 Å². The Labute approximate surface area is 155 Å². The predicted molar refractivity (Wildman–Crippen MR) is 101 cm³/mol. The van der Waals surface area contributed by atoms with Crippen molar-refractivity contribution in [1.82, 2.24) is 10.7 Å². The lowest BCUT2D eigenvalue weighted by Crippen LogP contribution is -2.37. The number of hydrogen-bond donors (Lipinski definition) is 2. The van der Waals surface area contributed by atoms with Crippen LogP contribution in [0.1, 0.15) is 18.6 Å². The highest BCUT2D eigenvalue weighted by Crippen LogP contribution is 2.23. The van der Waals surface area contributed by atoms with Crippen molar-refractivity contribution in [3.63, 3.8) is 0 Å². The molecule has 3 rings (SSSR count). The van der Waals surface area contributed by atoms with Crippen LogP contribution < -0.4 is 10.7 Å². The number of thiocarbonyl (C=S) groups is 1. The number of furan rings is 1. The van der Waals surface area contributed by atoms with Gasteiger partial charge >= 0.3 is 0 Å². The maximum absolute atomic E-state index is 10.7. The first-order chi connectivity index (χ1) is 12.6. The van der Waals surface area contributed by atoms with E-state index in [1.165, 1.54) is 18.3 Å². The molecule has 2 N–H and O–H groups in total. The van der Waals surface area contributed by atoms with Crippen LogP contribution in [-0.2, 0) is 4.74 Å². The Morgan fingerprint density at radius 2 is 2.15 bits per heavy atom. The number of nitrogens with zero attached hydrogens (tertiary/aromatic N) is 2. The Hall–Kier alpha value is -2.78. The van der Waals surface area contributed by atoms with E-state index in [0.717, 1.165) is 25.0 Å². The number of hydrazone groups is 1. The fourth-order valence-corrected chi connectivity index (χ4v) is 2.67. The molecular formula is C17H18N4O4S. The SMILES string of the molecule is O=[N+]([O-])c1ccc(-c2ccc(C=NNC(=S)NC[C@@H]3CCCO3)o2)cc1. The number of non-ortho nitro benzene ring substituents is 1. The summed E-state index contributed by atoms with van der Waals surface area (Å²) in [5, 5.41) is 18.2. The third-order valence-electron chi connectivity index (χ3n) is 3.86. The van der Waals surface area contributed by atoms with Crippen molar-refractivity contribution in [2.75, 3.05) is 13.2 Å². The molecule has 0 amide bonds. The van der Waals surface area contributed by atoms with Crippen LogP contribution in [0.4, 0.5) is 5.69 Å². The first-order valence-electron chi connectivity index (χ1n) is 8.15. The molecule has 1 saturated heterocycles. The van der Waals surface area contributed by atoms with Crippen molar-refractivity contribution in [3.05, 3.63) is 52.3 Å². The lowest BCUT2D eigenvalue weighted by atomic mass is 10.1. The van der Waals surface area contributed by atoms with Gasteiger partial charge in [0.2, 0.25) is 0 Å². The summed E-state index contributed by atoms with van der Waals surface area (Å²) in [6.07, 6.45) is 3.83. The summed E-state index contributed by atoms with van der Waals surface area (Å²) in [6, 6.07) is 9.68. The molecule has 8 nitrogen and oxygen atoms in total. The zero-order chi connectivity index (χ0) is 18.4. The molecule has 9 heteroatoms. The molecule has 1 atom stereocenters. The van der Waals surface area contributed by atoms with Crippen molar-refractivity contribution in [2.45, 2.75) is 18.9 Å². The molecule has 0 unspecified atom stereocenters. The molecule has 0 aliphatic carbocycles. The summed E-state index contributed by atoms with van der Waals surface area (Å²) >= 11 is 5.14. The summed E-state index contributed by atoms with van der Waals surface area (Å²) in [6.45, 7) is 1.46. The number of rotatable bonds is 6. The molecule has 0 saturated carbocycles. The second kappa shape index (κ2) is 8.54. The number of nitro groups is 1. The smallest absolute Gasteiger partial charge is 0.269 e. The first kappa shape index (κ1) is 18.0. The van der Waals surface area contributed by atoms with Gasteiger partial charge in [-0.2, -0.15) is 5.10 Å². The Balaban J connectivity index is 1.50. The Kier molecular flexibility index (Phi) is 5.92. The van der Waals surface area contributed by atoms with Crippen LogP contribution in [0.3, 0.4) is 0 Å². The third kappa shape index (κ3) is 4.87. The van der Waals surface area contributed by atoms with Gasteiger partial charge in [-0.1, -0.05) is 0 Å². The van der Waals surface area contributed by atoms with Gasteiger partial charge in [-0.25, -0.2) is 0 Å². The molecule has 2 heterocycles. The van der Waals surface area contributed by atoms with Crippen molar-refractivity contribution in [1.29, 1.82) is 0 Å². The summed E-state index contributed by atoms with van der Waals surface area (Å²) in [5.74, 6) is 1.13. The molecule has 26 heavy (non-hydrogen) atoms. The highest BCUT2D eigenvalue weighted by Gasteiger charge is 2.15. The Morgan fingerprint density at radius 3 is 2.85 bits per heavy atom. The lowest BCUT2D eigenvalue weighted by molar-refractivity contribution is -0.384. The fraction of sp³-hybridized carbons (Fsp3) is 0.294. The fourth-order valence-electron chi connectivity index (χ4n) is 2.53. The van der Waals surface area contributed by atoms with E-state index in [-0.39, 0.29) is 11.8 Å². The number of hydrogen-bond acceptors (Lipinski definition) is 6. The van der Waals surface area contributed by atoms with Crippen molar-refractivity contribution < 1.29 is 14.1 Å². The normalized spacial score (nSPS) is 16.7. The molecule has 0 bridgehead atoms. The first-order valence-corrected chi connectivity index (χ1v) is 8.56. The molecule has 1 aliphatic heterocycles. The monoisotopic (exact) mass is 374 g/mol. The van der Waals surface area contributed by atoms with Gasteiger partial charge in [0, 0.05) is 30.8 Å². The number of benzene rings is 1. The van der Waals surface area contributed by atoms with E-state index in [2.05, 4.69) is 15.8 Å². The van der Waals surface area contributed by atoms with Gasteiger partial charge in [-0.3, -0.25) is 15.5 Å². The summed E-state index contributed by atoms with van der Waals surface area (Å²) in [4.78, 5) is 10.2. The van der Waals surface area contributed by atoms with E-state index in [1.54, 1.807) is 24.3 Å². The average Bonchev–Trinajstić information content (AvgIpc) is 3.32. The zero-order valence-corrected chi connectivity index (χ0v) is 14.7. The topological polar surface area (TPSA) is 102 Å². The van der Waals surface area contributed by atoms with Crippen molar-refractivity contribution >= 4 is 29.2 Å². The average molecular weight is 374 g/mol. The maximum atomic E-state index is 10.7. The van der Waals surface area contributed by atoms with E-state index < -0.39 is 4.92 Å². The van der Waals surface area contributed by atoms with Crippen LogP contribution in [-0.4, -0.2) is 35.5 Å². The van der Waals surface area contributed by atoms with E-state index in [4.69, 9.17) is 21.4 Å². The highest BCUT2D eigenvalue weighted by molar-refractivity contribution is 7.80. The van der Waals surface area contributed by atoms with Crippen LogP contribution in [0.5, 0.6) is 0 Å². The second-order valence-electron chi connectivity index (χ2n) is 5.72. The minimum atomic E-state index is -0.439. The summed E-state index contributed by atoms with van der Waals surface area (Å²) in [7, 11) is 0. The second-order valence-corrected chi connectivity index (χ2v) is 6.13. The van der Waals surface area contributed by atoms with E-state index >= 15 is 0 Å². The third-order valence-corrected chi connectivity index (χ3v) is 4.10. The maximum Gasteiger partial charge on any atom is 0.269 e. The predicted octanol–water partition coefficient (Wildman–Crippen LogP) is 2.83. The molecule has 0 spiro atoms. The Bertz CT molecular complexity index is 797. The quantitative estimate of drug-likeness (QED) is 0.347. The van der Waals surface area contributed by atoms with E-state index in [9.17, 15) is 10.1 Å². The Morgan fingerprint density at radius 1 is 1.35 bits per heavy atom. The summed E-state index contributed by atoms with van der Waals surface area (Å²) < 4.78 is 11.2. The molecule has 1 aromatic heterocycles. The molecule has 1 aliphatic rings. The van der Waals surface area contributed by atoms with Crippen LogP contribution in [0.25, 0.3) is 11.3 Å². The molecule has 2 aromatic rings. The molecule has 1 fully saturated rings. The van der Waals surface area contributed by atoms with Gasteiger partial charge in [0.05, 0.1) is 17.2 Å². The molecule has 0 radical (unpaired) electrons.